The van der Waals surface area contributed by atoms with Crippen LogP contribution in [-0.4, -0.2) is 39.9 Å². The molecular weight excluding hydrogens is 474 g/mol. The van der Waals surface area contributed by atoms with Crippen LogP contribution < -0.4 is 15.4 Å². The van der Waals surface area contributed by atoms with Gasteiger partial charge in [0.2, 0.25) is 11.8 Å². The highest BCUT2D eigenvalue weighted by Gasteiger charge is 2.38. The zero-order valence-electron chi connectivity index (χ0n) is 21.9. The lowest BCUT2D eigenvalue weighted by atomic mass is 9.96. The van der Waals surface area contributed by atoms with E-state index in [1.54, 1.807) is 12.4 Å². The third kappa shape index (κ3) is 5.11. The number of benzene rings is 2. The van der Waals surface area contributed by atoms with Crippen LogP contribution in [0.25, 0.3) is 22.0 Å². The summed E-state index contributed by atoms with van der Waals surface area (Å²) in [5.74, 6) is 2.89. The van der Waals surface area contributed by atoms with Gasteiger partial charge in [0, 0.05) is 42.7 Å². The summed E-state index contributed by atoms with van der Waals surface area (Å²) >= 11 is 0. The summed E-state index contributed by atoms with van der Waals surface area (Å²) in [5.41, 5.74) is 3.59. The summed E-state index contributed by atoms with van der Waals surface area (Å²) in [7, 11) is 0. The van der Waals surface area contributed by atoms with Gasteiger partial charge in [0.25, 0.3) is 0 Å². The molecule has 2 fully saturated rings. The van der Waals surface area contributed by atoms with Crippen LogP contribution in [0.2, 0.25) is 0 Å². The number of pyridine rings is 1. The molecule has 2 aromatic heterocycles. The van der Waals surface area contributed by atoms with Crippen molar-refractivity contribution in [3.63, 3.8) is 0 Å². The molecule has 0 radical (unpaired) electrons. The molecule has 6 rings (SSSR count). The topological polar surface area (TPSA) is 89.0 Å². The van der Waals surface area contributed by atoms with Crippen molar-refractivity contribution in [1.29, 1.82) is 0 Å². The van der Waals surface area contributed by atoms with E-state index >= 15 is 0 Å². The first-order chi connectivity index (χ1) is 18.6. The number of rotatable bonds is 8. The Morgan fingerprint density at radius 1 is 1.08 bits per heavy atom. The molecule has 7 nitrogen and oxygen atoms in total. The number of aryl methyl sites for hydroxylation is 1. The standard InChI is InChI=1S/C31H33N5O2/c1-19-10-11-23-21(17-28(37)26-16-20(26)2)6-3-8-24(23)29(19)38-30-25(9-5-14-33-30)27-12-15-34-31(36-27)35-22-7-4-13-32-18-22/h3,5-6,8-12,14-15,20,22,26,32H,4,7,13,16-18H2,1-2H3,(H,34,35,36)/t20-,22-,26-/m0/s1. The number of ketones is 1. The second-order valence-electron chi connectivity index (χ2n) is 10.6. The molecule has 0 unspecified atom stereocenters. The molecule has 0 spiro atoms. The Labute approximate surface area is 223 Å². The van der Waals surface area contributed by atoms with E-state index in [1.807, 2.05) is 31.2 Å². The largest absolute Gasteiger partial charge is 0.437 e. The van der Waals surface area contributed by atoms with Crippen molar-refractivity contribution in [2.45, 2.75) is 45.6 Å². The Morgan fingerprint density at radius 3 is 2.79 bits per heavy atom. The van der Waals surface area contributed by atoms with Crippen LogP contribution in [0.3, 0.4) is 0 Å². The Morgan fingerprint density at radius 2 is 1.97 bits per heavy atom. The average molecular weight is 508 g/mol. The molecule has 0 bridgehead atoms. The van der Waals surface area contributed by atoms with Crippen molar-refractivity contribution >= 4 is 22.5 Å². The van der Waals surface area contributed by atoms with Crippen LogP contribution in [0.15, 0.2) is 60.9 Å². The van der Waals surface area contributed by atoms with Crippen molar-refractivity contribution < 1.29 is 9.53 Å². The third-order valence-electron chi connectivity index (χ3n) is 7.72. The lowest BCUT2D eigenvalue weighted by molar-refractivity contribution is -0.119. The van der Waals surface area contributed by atoms with E-state index in [1.165, 1.54) is 0 Å². The predicted octanol–water partition coefficient (Wildman–Crippen LogP) is 5.72. The maximum atomic E-state index is 12.8. The molecule has 4 aromatic rings. The van der Waals surface area contributed by atoms with Crippen LogP contribution in [0.5, 0.6) is 11.6 Å². The molecular formula is C31H33N5O2. The molecule has 2 aliphatic rings. The Kier molecular flexibility index (Phi) is 6.77. The fourth-order valence-corrected chi connectivity index (χ4v) is 5.38. The first kappa shape index (κ1) is 24.5. The maximum Gasteiger partial charge on any atom is 0.228 e. The number of hydrogen-bond donors (Lipinski definition) is 2. The van der Waals surface area contributed by atoms with Crippen molar-refractivity contribution in [1.82, 2.24) is 20.3 Å². The van der Waals surface area contributed by atoms with Crippen LogP contribution in [0.4, 0.5) is 5.95 Å². The van der Waals surface area contributed by atoms with Gasteiger partial charge in [-0.1, -0.05) is 37.3 Å². The summed E-state index contributed by atoms with van der Waals surface area (Å²) in [6.45, 7) is 6.14. The highest BCUT2D eigenvalue weighted by molar-refractivity contribution is 5.96. The zero-order chi connectivity index (χ0) is 26.1. The number of anilines is 1. The zero-order valence-corrected chi connectivity index (χ0v) is 21.9. The smallest absolute Gasteiger partial charge is 0.228 e. The summed E-state index contributed by atoms with van der Waals surface area (Å²) in [6.07, 6.45) is 7.20. The number of nitrogens with one attached hydrogen (secondary N) is 2. The van der Waals surface area contributed by atoms with Crippen LogP contribution in [-0.2, 0) is 11.2 Å². The number of ether oxygens (including phenoxy) is 1. The molecule has 7 heteroatoms. The summed E-state index contributed by atoms with van der Waals surface area (Å²) in [6, 6.07) is 16.3. The van der Waals surface area contributed by atoms with Gasteiger partial charge in [0.15, 0.2) is 0 Å². The number of aromatic nitrogens is 3. The minimum absolute atomic E-state index is 0.212. The van der Waals surface area contributed by atoms with Gasteiger partial charge in [-0.2, -0.15) is 0 Å². The lowest BCUT2D eigenvalue weighted by Gasteiger charge is -2.23. The first-order valence-corrected chi connectivity index (χ1v) is 13.5. The Bertz CT molecular complexity index is 1480. The van der Waals surface area contributed by atoms with Gasteiger partial charge >= 0.3 is 0 Å². The summed E-state index contributed by atoms with van der Waals surface area (Å²) in [5, 5.41) is 8.89. The monoisotopic (exact) mass is 507 g/mol. The second-order valence-corrected chi connectivity index (χ2v) is 10.6. The van der Waals surface area contributed by atoms with Crippen LogP contribution in [0, 0.1) is 18.8 Å². The molecule has 194 valence electrons. The average Bonchev–Trinajstić information content (AvgIpc) is 3.68. The van der Waals surface area contributed by atoms with Crippen molar-refractivity contribution in [2.24, 2.45) is 11.8 Å². The SMILES string of the molecule is Cc1ccc2c(CC(=O)[C@H]3C[C@@H]3C)cccc2c1Oc1ncccc1-c1ccnc(N[C@H]2CCCNC2)n1. The van der Waals surface area contributed by atoms with E-state index in [9.17, 15) is 4.79 Å². The van der Waals surface area contributed by atoms with Crippen molar-refractivity contribution in [2.75, 3.05) is 18.4 Å². The van der Waals surface area contributed by atoms with Gasteiger partial charge in [0.05, 0.1) is 11.3 Å². The molecule has 1 aliphatic carbocycles. The van der Waals surface area contributed by atoms with Gasteiger partial charge in [-0.25, -0.2) is 15.0 Å². The summed E-state index contributed by atoms with van der Waals surface area (Å²) in [4.78, 5) is 26.6. The molecule has 0 amide bonds. The normalized spacial score (nSPS) is 20.7. The second kappa shape index (κ2) is 10.5. The molecule has 1 aliphatic heterocycles. The number of Topliss-reactive ketones (excluding diaryl/α,β-unsaturated/α-hetero) is 1. The fraction of sp³-hybridized carbons (Fsp3) is 0.355. The molecule has 2 N–H and O–H groups in total. The number of carbonyl (C=O) groups is 1. The molecule has 3 atom stereocenters. The highest BCUT2D eigenvalue weighted by atomic mass is 16.5. The summed E-state index contributed by atoms with van der Waals surface area (Å²) < 4.78 is 6.55. The number of carbonyl (C=O) groups excluding carboxylic acids is 1. The van der Waals surface area contributed by atoms with E-state index in [-0.39, 0.29) is 5.92 Å². The fourth-order valence-electron chi connectivity index (χ4n) is 5.38. The van der Waals surface area contributed by atoms with Crippen molar-refractivity contribution in [3.05, 3.63) is 72.1 Å². The van der Waals surface area contributed by atoms with Gasteiger partial charge in [-0.3, -0.25) is 4.79 Å². The number of nitrogens with zero attached hydrogens (tertiary/aromatic N) is 3. The van der Waals surface area contributed by atoms with Gasteiger partial charge in [-0.05, 0) is 73.4 Å². The maximum absolute atomic E-state index is 12.8. The lowest BCUT2D eigenvalue weighted by Crippen LogP contribution is -2.38. The highest BCUT2D eigenvalue weighted by Crippen LogP contribution is 2.41. The van der Waals surface area contributed by atoms with E-state index < -0.39 is 0 Å². The van der Waals surface area contributed by atoms with E-state index in [4.69, 9.17) is 9.72 Å². The van der Waals surface area contributed by atoms with Crippen LogP contribution in [0.1, 0.15) is 37.3 Å². The Balaban J connectivity index is 1.31. The third-order valence-corrected chi connectivity index (χ3v) is 7.72. The van der Waals surface area contributed by atoms with E-state index in [2.05, 4.69) is 51.8 Å². The molecule has 1 saturated carbocycles. The minimum Gasteiger partial charge on any atom is -0.437 e. The predicted molar refractivity (Wildman–Crippen MR) is 150 cm³/mol. The Hall–Kier alpha value is -3.84. The first-order valence-electron chi connectivity index (χ1n) is 13.5. The van der Waals surface area contributed by atoms with Crippen molar-refractivity contribution in [3.8, 4) is 22.9 Å². The molecule has 2 aromatic carbocycles. The number of hydrogen-bond acceptors (Lipinski definition) is 7. The van der Waals surface area contributed by atoms with E-state index in [0.29, 0.717) is 36.0 Å². The van der Waals surface area contributed by atoms with E-state index in [0.717, 1.165) is 71.3 Å². The number of fused-ring (bicyclic) bond motifs is 1. The minimum atomic E-state index is 0.212. The molecule has 38 heavy (non-hydrogen) atoms. The van der Waals surface area contributed by atoms with Gasteiger partial charge < -0.3 is 15.4 Å². The van der Waals surface area contributed by atoms with Gasteiger partial charge in [0.1, 0.15) is 11.5 Å². The molecule has 1 saturated heterocycles. The quantitative estimate of drug-likeness (QED) is 0.315. The van der Waals surface area contributed by atoms with Crippen LogP contribution >= 0.6 is 0 Å². The van der Waals surface area contributed by atoms with Gasteiger partial charge in [-0.15, -0.1) is 0 Å². The molecule has 3 heterocycles. The number of piperidine rings is 1.